The average Bonchev–Trinajstić information content (AvgIpc) is 2.33. The fraction of sp³-hybridized carbons (Fsp3) is 0.300. The predicted octanol–water partition coefficient (Wildman–Crippen LogP) is 0.787. The molecule has 19 heavy (non-hydrogen) atoms. The molecule has 0 saturated heterocycles. The van der Waals surface area contributed by atoms with E-state index in [1.165, 1.54) is 0 Å². The number of nitrogens with one attached hydrogen (secondary N) is 1. The minimum absolute atomic E-state index is 0.0456. The molecule has 0 unspecified atom stereocenters. The fourth-order valence-electron chi connectivity index (χ4n) is 1.28. The van der Waals surface area contributed by atoms with E-state index in [0.29, 0.717) is 6.07 Å². The number of carbonyl (C=O) groups excluding carboxylic acids is 1. The molecule has 3 N–H and O–H groups in total. The van der Waals surface area contributed by atoms with E-state index in [9.17, 15) is 23.7 Å². The lowest BCUT2D eigenvalue weighted by Gasteiger charge is -2.08. The molecule has 104 valence electrons. The van der Waals surface area contributed by atoms with Crippen molar-refractivity contribution in [2.24, 2.45) is 5.73 Å². The van der Waals surface area contributed by atoms with Crippen LogP contribution in [0.5, 0.6) is 0 Å². The van der Waals surface area contributed by atoms with Gasteiger partial charge in [-0.15, -0.1) is 0 Å². The molecule has 0 saturated carbocycles. The van der Waals surface area contributed by atoms with Gasteiger partial charge in [-0.25, -0.2) is 8.78 Å². The number of nitro groups is 1. The molecule has 0 aromatic heterocycles. The lowest BCUT2D eigenvalue weighted by molar-refractivity contribution is -0.384. The number of hydrogen-bond acceptors (Lipinski definition) is 5. The highest BCUT2D eigenvalue weighted by Crippen LogP contribution is 2.28. The number of primary amides is 1. The Morgan fingerprint density at radius 3 is 2.74 bits per heavy atom. The van der Waals surface area contributed by atoms with Gasteiger partial charge in [0, 0.05) is 12.6 Å². The molecule has 0 spiro atoms. The highest BCUT2D eigenvalue weighted by molar-refractivity contribution is 5.75. The van der Waals surface area contributed by atoms with Crippen LogP contribution < -0.4 is 11.1 Å². The van der Waals surface area contributed by atoms with Gasteiger partial charge in [0.05, 0.1) is 11.5 Å². The molecular formula is C10H11F2N3O4. The Bertz CT molecular complexity index is 496. The molecule has 0 aliphatic heterocycles. The van der Waals surface area contributed by atoms with Crippen LogP contribution in [0.15, 0.2) is 12.1 Å². The molecule has 0 fully saturated rings. The molecular weight excluding hydrogens is 264 g/mol. The second-order valence-electron chi connectivity index (χ2n) is 3.46. The second-order valence-corrected chi connectivity index (χ2v) is 3.46. The maximum absolute atomic E-state index is 13.4. The van der Waals surface area contributed by atoms with E-state index in [1.54, 1.807) is 0 Å². The van der Waals surface area contributed by atoms with Crippen molar-refractivity contribution in [3.05, 3.63) is 33.9 Å². The topological polar surface area (TPSA) is 107 Å². The number of carbonyl (C=O) groups is 1. The quantitative estimate of drug-likeness (QED) is 0.434. The van der Waals surface area contributed by atoms with Crippen LogP contribution in [-0.4, -0.2) is 30.6 Å². The summed E-state index contributed by atoms with van der Waals surface area (Å²) in [6.45, 7) is -0.417. The van der Waals surface area contributed by atoms with Crippen LogP contribution >= 0.6 is 0 Å². The van der Waals surface area contributed by atoms with Crippen LogP contribution in [0.3, 0.4) is 0 Å². The van der Waals surface area contributed by atoms with Crippen LogP contribution in [0.1, 0.15) is 0 Å². The largest absolute Gasteiger partial charge is 0.375 e. The predicted molar refractivity (Wildman–Crippen MR) is 61.5 cm³/mol. The standard InChI is InChI=1S/C10H11F2N3O4/c11-6-1-2-7(15(17)18)10(9(6)12)14-3-4-19-5-8(13)16/h1-2,14H,3-5H2,(H2,13,16). The van der Waals surface area contributed by atoms with Crippen molar-refractivity contribution in [3.8, 4) is 0 Å². The summed E-state index contributed by atoms with van der Waals surface area (Å²) < 4.78 is 31.1. The number of anilines is 1. The molecule has 1 aromatic rings. The number of hydrogen-bond donors (Lipinski definition) is 2. The zero-order valence-corrected chi connectivity index (χ0v) is 9.69. The van der Waals surface area contributed by atoms with Crippen LogP contribution in [0.2, 0.25) is 0 Å². The summed E-state index contributed by atoms with van der Waals surface area (Å²) >= 11 is 0. The molecule has 0 aliphatic carbocycles. The van der Waals surface area contributed by atoms with E-state index in [4.69, 9.17) is 10.5 Å². The molecule has 1 amide bonds. The van der Waals surface area contributed by atoms with Crippen LogP contribution in [0.4, 0.5) is 20.2 Å². The van der Waals surface area contributed by atoms with Gasteiger partial charge < -0.3 is 15.8 Å². The molecule has 0 heterocycles. The maximum atomic E-state index is 13.4. The number of amides is 1. The van der Waals surface area contributed by atoms with Gasteiger partial charge in [-0.05, 0) is 6.07 Å². The average molecular weight is 275 g/mol. The summed E-state index contributed by atoms with van der Waals surface area (Å²) in [4.78, 5) is 20.2. The number of nitrogens with zero attached hydrogens (tertiary/aromatic N) is 1. The Kier molecular flexibility index (Phi) is 5.12. The lowest BCUT2D eigenvalue weighted by atomic mass is 10.2. The van der Waals surface area contributed by atoms with E-state index in [0.717, 1.165) is 6.07 Å². The van der Waals surface area contributed by atoms with E-state index < -0.39 is 33.8 Å². The number of nitrogens with two attached hydrogens (primary N) is 1. The molecule has 7 nitrogen and oxygen atoms in total. The molecule has 0 radical (unpaired) electrons. The Labute approximate surface area is 106 Å². The minimum Gasteiger partial charge on any atom is -0.375 e. The third-order valence-electron chi connectivity index (χ3n) is 2.06. The smallest absolute Gasteiger partial charge is 0.295 e. The van der Waals surface area contributed by atoms with Gasteiger partial charge in [0.1, 0.15) is 6.61 Å². The highest BCUT2D eigenvalue weighted by Gasteiger charge is 2.20. The van der Waals surface area contributed by atoms with E-state index >= 15 is 0 Å². The number of rotatable bonds is 7. The zero-order chi connectivity index (χ0) is 14.4. The molecule has 0 aliphatic rings. The van der Waals surface area contributed by atoms with E-state index in [2.05, 4.69) is 5.32 Å². The van der Waals surface area contributed by atoms with Crippen LogP contribution in [0.25, 0.3) is 0 Å². The summed E-state index contributed by atoms with van der Waals surface area (Å²) in [5.41, 5.74) is 3.66. The number of ether oxygens (including phenoxy) is 1. The third-order valence-corrected chi connectivity index (χ3v) is 2.06. The SMILES string of the molecule is NC(=O)COCCNc1c([N+](=O)[O-])ccc(F)c1F. The second kappa shape index (κ2) is 6.59. The van der Waals surface area contributed by atoms with Gasteiger partial charge in [-0.3, -0.25) is 14.9 Å². The molecule has 0 atom stereocenters. The van der Waals surface area contributed by atoms with Crippen molar-refractivity contribution >= 4 is 17.3 Å². The summed E-state index contributed by atoms with van der Waals surface area (Å²) in [6.07, 6.45) is 0. The van der Waals surface area contributed by atoms with Crippen molar-refractivity contribution in [2.45, 2.75) is 0 Å². The number of nitro benzene ring substituents is 1. The van der Waals surface area contributed by atoms with Gasteiger partial charge in [0.2, 0.25) is 5.91 Å². The van der Waals surface area contributed by atoms with Crippen molar-refractivity contribution < 1.29 is 23.2 Å². The van der Waals surface area contributed by atoms with Crippen molar-refractivity contribution in [3.63, 3.8) is 0 Å². The first-order valence-corrected chi connectivity index (χ1v) is 5.15. The van der Waals surface area contributed by atoms with Gasteiger partial charge in [0.15, 0.2) is 17.3 Å². The first kappa shape index (κ1) is 14.8. The highest BCUT2D eigenvalue weighted by atomic mass is 19.2. The Hall–Kier alpha value is -2.29. The van der Waals surface area contributed by atoms with E-state index in [-0.39, 0.29) is 19.8 Å². The Morgan fingerprint density at radius 2 is 2.16 bits per heavy atom. The summed E-state index contributed by atoms with van der Waals surface area (Å²) in [5.74, 6) is -3.22. The Balaban J connectivity index is 2.68. The number of benzene rings is 1. The molecule has 1 rings (SSSR count). The van der Waals surface area contributed by atoms with Gasteiger partial charge in [-0.1, -0.05) is 0 Å². The monoisotopic (exact) mass is 275 g/mol. The van der Waals surface area contributed by atoms with E-state index in [1.807, 2.05) is 0 Å². The van der Waals surface area contributed by atoms with Gasteiger partial charge in [0.25, 0.3) is 5.69 Å². The van der Waals surface area contributed by atoms with Crippen molar-refractivity contribution in [2.75, 3.05) is 25.1 Å². The van der Waals surface area contributed by atoms with Crippen molar-refractivity contribution in [1.29, 1.82) is 0 Å². The van der Waals surface area contributed by atoms with Crippen molar-refractivity contribution in [1.82, 2.24) is 0 Å². The summed E-state index contributed by atoms with van der Waals surface area (Å²) in [5, 5.41) is 13.0. The molecule has 1 aromatic carbocycles. The molecule has 0 bridgehead atoms. The third kappa shape index (κ3) is 4.14. The summed E-state index contributed by atoms with van der Waals surface area (Å²) in [7, 11) is 0. The molecule has 9 heteroatoms. The normalized spacial score (nSPS) is 10.2. The first-order valence-electron chi connectivity index (χ1n) is 5.15. The first-order chi connectivity index (χ1) is 8.93. The van der Waals surface area contributed by atoms with Crippen LogP contribution in [-0.2, 0) is 9.53 Å². The zero-order valence-electron chi connectivity index (χ0n) is 9.69. The minimum atomic E-state index is -1.34. The summed E-state index contributed by atoms with van der Waals surface area (Å²) in [6, 6.07) is 1.52. The van der Waals surface area contributed by atoms with Gasteiger partial charge in [-0.2, -0.15) is 0 Å². The van der Waals surface area contributed by atoms with Gasteiger partial charge >= 0.3 is 0 Å². The fourth-order valence-corrected chi connectivity index (χ4v) is 1.28. The lowest BCUT2D eigenvalue weighted by Crippen LogP contribution is -2.21. The number of halogens is 2. The maximum Gasteiger partial charge on any atom is 0.295 e. The van der Waals surface area contributed by atoms with Crippen LogP contribution in [0, 0.1) is 21.7 Å². The Morgan fingerprint density at radius 1 is 1.47 bits per heavy atom.